The van der Waals surface area contributed by atoms with E-state index >= 15 is 0 Å². The molecule has 0 aliphatic carbocycles. The fourth-order valence-corrected chi connectivity index (χ4v) is 11.4. The van der Waals surface area contributed by atoms with Crippen LogP contribution in [-0.2, 0) is 0 Å². The summed E-state index contributed by atoms with van der Waals surface area (Å²) < 4.78 is 23.7. The summed E-state index contributed by atoms with van der Waals surface area (Å²) in [4.78, 5) is 5.34. The lowest BCUT2D eigenvalue weighted by atomic mass is 10.1. The van der Waals surface area contributed by atoms with Crippen LogP contribution in [0.2, 0.25) is 0 Å². The fourth-order valence-electron chi connectivity index (χ4n) is 6.68. The summed E-state index contributed by atoms with van der Waals surface area (Å²) in [5.74, 6) is 2.12. The van der Waals surface area contributed by atoms with Crippen molar-refractivity contribution < 1.29 is 14.2 Å². The van der Waals surface area contributed by atoms with E-state index in [1.165, 1.54) is 146 Å². The molecule has 0 radical (unpaired) electrons. The minimum atomic E-state index is 0.767. The molecule has 0 aliphatic heterocycles. The second kappa shape index (κ2) is 20.3. The minimum absolute atomic E-state index is 0.767. The monoisotopic (exact) mass is 740 g/mol. The Bertz CT molecular complexity index is 1630. The maximum atomic E-state index is 6.77. The molecule has 0 fully saturated rings. The number of thiophene rings is 4. The van der Waals surface area contributed by atoms with E-state index in [4.69, 9.17) is 14.2 Å². The van der Waals surface area contributed by atoms with Crippen LogP contribution >= 0.6 is 45.3 Å². The highest BCUT2D eigenvalue weighted by Crippen LogP contribution is 2.54. The van der Waals surface area contributed by atoms with E-state index in [2.05, 4.69) is 52.8 Å². The van der Waals surface area contributed by atoms with E-state index in [1.54, 1.807) is 0 Å². The third kappa shape index (κ3) is 10.4. The van der Waals surface area contributed by atoms with Crippen LogP contribution < -0.4 is 14.2 Å². The summed E-state index contributed by atoms with van der Waals surface area (Å²) in [5, 5.41) is 4.84. The van der Waals surface area contributed by atoms with Gasteiger partial charge >= 0.3 is 0 Å². The maximum Gasteiger partial charge on any atom is 0.175 e. The molecule has 0 aliphatic rings. The van der Waals surface area contributed by atoms with Crippen molar-refractivity contribution in [3.8, 4) is 26.3 Å². The first kappa shape index (κ1) is 38.4. The molecule has 0 saturated heterocycles. The molecule has 0 saturated carbocycles. The quantitative estimate of drug-likeness (QED) is 0.0558. The summed E-state index contributed by atoms with van der Waals surface area (Å²) in [6.07, 6.45) is 22.9. The van der Waals surface area contributed by atoms with Gasteiger partial charge in [-0.15, -0.1) is 34.0 Å². The third-order valence-electron chi connectivity index (χ3n) is 9.49. The molecule has 5 rings (SSSR count). The van der Waals surface area contributed by atoms with E-state index in [0.717, 1.165) is 55.6 Å². The second-order valence-corrected chi connectivity index (χ2v) is 18.3. The van der Waals surface area contributed by atoms with Crippen LogP contribution in [0.25, 0.3) is 40.0 Å². The lowest BCUT2D eigenvalue weighted by Gasteiger charge is -2.14. The van der Waals surface area contributed by atoms with Crippen molar-refractivity contribution in [1.82, 2.24) is 0 Å². The molecular formula is C42H60O3S4. The lowest BCUT2D eigenvalue weighted by Crippen LogP contribution is -2.00. The zero-order valence-corrected chi connectivity index (χ0v) is 34.2. The van der Waals surface area contributed by atoms with Gasteiger partial charge in [0.15, 0.2) is 5.06 Å². The lowest BCUT2D eigenvalue weighted by molar-refractivity contribution is 0.307. The van der Waals surface area contributed by atoms with E-state index in [1.807, 2.05) is 45.3 Å². The summed E-state index contributed by atoms with van der Waals surface area (Å²) in [5.41, 5.74) is 0. The summed E-state index contributed by atoms with van der Waals surface area (Å²) >= 11 is 7.48. The number of hydrogen-bond acceptors (Lipinski definition) is 7. The fraction of sp³-hybridized carbons (Fsp3) is 0.619. The number of benzene rings is 1. The third-order valence-corrected chi connectivity index (χ3v) is 14.2. The van der Waals surface area contributed by atoms with Crippen LogP contribution in [0.5, 0.6) is 16.6 Å². The van der Waals surface area contributed by atoms with Gasteiger partial charge in [0.1, 0.15) is 11.5 Å². The molecule has 1 aromatic carbocycles. The number of hydrogen-bond donors (Lipinski definition) is 0. The van der Waals surface area contributed by atoms with Crippen molar-refractivity contribution in [2.24, 2.45) is 0 Å². The van der Waals surface area contributed by atoms with Gasteiger partial charge in [-0.1, -0.05) is 128 Å². The van der Waals surface area contributed by atoms with Crippen molar-refractivity contribution in [2.45, 2.75) is 150 Å². The molecule has 7 heteroatoms. The number of fused-ring (bicyclic) bond motifs is 3. The van der Waals surface area contributed by atoms with Crippen LogP contribution in [0.4, 0.5) is 0 Å². The first-order chi connectivity index (χ1) is 24.0. The first-order valence-corrected chi connectivity index (χ1v) is 22.7. The van der Waals surface area contributed by atoms with Gasteiger partial charge in [-0.3, -0.25) is 0 Å². The predicted molar refractivity (Wildman–Crippen MR) is 222 cm³/mol. The highest BCUT2D eigenvalue weighted by Gasteiger charge is 2.24. The largest absolute Gasteiger partial charge is 0.491 e. The highest BCUT2D eigenvalue weighted by atomic mass is 32.1. The number of unbranched alkanes of at least 4 members (excludes halogenated alkanes) is 15. The molecule has 0 atom stereocenters. The van der Waals surface area contributed by atoms with Gasteiger partial charge < -0.3 is 14.2 Å². The maximum absolute atomic E-state index is 6.77. The summed E-state index contributed by atoms with van der Waals surface area (Å²) in [6.45, 7) is 13.7. The molecule has 4 aromatic heterocycles. The Kier molecular flexibility index (Phi) is 15.9. The average Bonchev–Trinajstić information content (AvgIpc) is 3.88. The molecule has 5 aromatic rings. The van der Waals surface area contributed by atoms with E-state index in [0.29, 0.717) is 0 Å². The molecule has 3 nitrogen and oxygen atoms in total. The highest BCUT2D eigenvalue weighted by molar-refractivity contribution is 7.31. The van der Waals surface area contributed by atoms with Crippen LogP contribution in [-0.4, -0.2) is 19.8 Å². The van der Waals surface area contributed by atoms with Crippen molar-refractivity contribution >= 4 is 75.6 Å². The van der Waals surface area contributed by atoms with Crippen molar-refractivity contribution in [1.29, 1.82) is 0 Å². The Morgan fingerprint density at radius 1 is 0.449 bits per heavy atom. The zero-order chi connectivity index (χ0) is 34.4. The SMILES string of the molecule is CCCCCCCCOc1cc2c(C)sc(-c3cc4c(OCCCCCCCC)c5sc(C)cc5c(OCCCCCCCC)c4s3)c2s1. The molecule has 0 N–H and O–H groups in total. The smallest absolute Gasteiger partial charge is 0.175 e. The first-order valence-electron chi connectivity index (χ1n) is 19.5. The minimum Gasteiger partial charge on any atom is -0.491 e. The Labute approximate surface area is 312 Å². The van der Waals surface area contributed by atoms with Crippen LogP contribution in [0.1, 0.15) is 146 Å². The average molecular weight is 741 g/mol. The van der Waals surface area contributed by atoms with Gasteiger partial charge in [0.2, 0.25) is 0 Å². The van der Waals surface area contributed by atoms with Crippen molar-refractivity contribution in [3.63, 3.8) is 0 Å². The van der Waals surface area contributed by atoms with Gasteiger partial charge in [-0.2, -0.15) is 0 Å². The summed E-state index contributed by atoms with van der Waals surface area (Å²) in [6, 6.07) is 7.01. The van der Waals surface area contributed by atoms with Crippen LogP contribution in [0.15, 0.2) is 18.2 Å². The standard InChI is InChI=1S/C42H60O3S4/c1-6-9-12-15-18-21-24-43-36-29-32-31(5)47-42(41(32)49-36)35-28-34-38(45-26-23-20-17-14-11-8-3)39-33(27-30(4)46-39)37(40(34)48-35)44-25-22-19-16-13-10-7-2/h27-29H,6-26H2,1-5H3. The Morgan fingerprint density at radius 3 is 1.51 bits per heavy atom. The van der Waals surface area contributed by atoms with E-state index in [-0.39, 0.29) is 0 Å². The van der Waals surface area contributed by atoms with Crippen molar-refractivity contribution in [2.75, 3.05) is 19.8 Å². The Hall–Kier alpha value is -1.80. The molecule has 270 valence electrons. The number of ether oxygens (including phenoxy) is 3. The topological polar surface area (TPSA) is 27.7 Å². The van der Waals surface area contributed by atoms with Gasteiger partial charge in [0, 0.05) is 36.9 Å². The van der Waals surface area contributed by atoms with Gasteiger partial charge in [0.05, 0.1) is 38.8 Å². The molecule has 0 amide bonds. The Balaban J connectivity index is 1.42. The van der Waals surface area contributed by atoms with Gasteiger partial charge in [-0.25, -0.2) is 0 Å². The predicted octanol–water partition coefficient (Wildman–Crippen LogP) is 15.9. The Morgan fingerprint density at radius 2 is 0.939 bits per heavy atom. The second-order valence-electron chi connectivity index (χ2n) is 13.8. The van der Waals surface area contributed by atoms with Crippen LogP contribution in [0.3, 0.4) is 0 Å². The van der Waals surface area contributed by atoms with Gasteiger partial charge in [0.25, 0.3) is 0 Å². The zero-order valence-electron chi connectivity index (χ0n) is 30.9. The molecule has 49 heavy (non-hydrogen) atoms. The van der Waals surface area contributed by atoms with Crippen molar-refractivity contribution in [3.05, 3.63) is 28.0 Å². The molecule has 0 unspecified atom stereocenters. The van der Waals surface area contributed by atoms with E-state index in [9.17, 15) is 0 Å². The number of aryl methyl sites for hydroxylation is 2. The van der Waals surface area contributed by atoms with Gasteiger partial charge in [-0.05, 0) is 45.2 Å². The normalized spacial score (nSPS) is 11.9. The molecule has 4 heterocycles. The van der Waals surface area contributed by atoms with Crippen LogP contribution in [0, 0.1) is 13.8 Å². The molecule has 0 bridgehead atoms. The molecule has 0 spiro atoms. The number of rotatable bonds is 25. The molecular weight excluding hydrogens is 681 g/mol. The summed E-state index contributed by atoms with van der Waals surface area (Å²) in [7, 11) is 0. The van der Waals surface area contributed by atoms with E-state index < -0.39 is 0 Å².